The molecular weight excluding hydrogens is 180 g/mol. The zero-order chi connectivity index (χ0) is 9.80. The van der Waals surface area contributed by atoms with E-state index in [2.05, 4.69) is 20.3 Å². The minimum atomic E-state index is -0.249. The zero-order valence-corrected chi connectivity index (χ0v) is 7.27. The van der Waals surface area contributed by atoms with Gasteiger partial charge in [-0.15, -0.1) is 0 Å². The standard InChI is InChI=1S/C9H8N4O/c14-9(7-5-10-6-12-7)13-8-3-1-2-4-11-8/h1-6H,(H,10,12)(H,11,13,14). The van der Waals surface area contributed by atoms with Crippen LogP contribution in [-0.2, 0) is 0 Å². The Balaban J connectivity index is 2.10. The van der Waals surface area contributed by atoms with Crippen LogP contribution in [-0.4, -0.2) is 20.9 Å². The zero-order valence-electron chi connectivity index (χ0n) is 7.27. The van der Waals surface area contributed by atoms with Gasteiger partial charge in [0.1, 0.15) is 11.5 Å². The smallest absolute Gasteiger partial charge is 0.274 e. The van der Waals surface area contributed by atoms with Crippen molar-refractivity contribution in [2.24, 2.45) is 0 Å². The number of hydrogen-bond donors (Lipinski definition) is 2. The molecule has 0 aromatic carbocycles. The van der Waals surface area contributed by atoms with Crippen molar-refractivity contribution in [3.63, 3.8) is 0 Å². The van der Waals surface area contributed by atoms with Crippen molar-refractivity contribution in [2.45, 2.75) is 0 Å². The third-order valence-corrected chi connectivity index (χ3v) is 1.65. The van der Waals surface area contributed by atoms with Crippen molar-refractivity contribution >= 4 is 11.7 Å². The fourth-order valence-corrected chi connectivity index (χ4v) is 1.00. The molecule has 0 unspecified atom stereocenters. The van der Waals surface area contributed by atoms with E-state index in [1.807, 2.05) is 0 Å². The third kappa shape index (κ3) is 1.77. The number of hydrogen-bond acceptors (Lipinski definition) is 3. The summed E-state index contributed by atoms with van der Waals surface area (Å²) in [5.41, 5.74) is 0.413. The Morgan fingerprint density at radius 3 is 3.00 bits per heavy atom. The first-order valence-corrected chi connectivity index (χ1v) is 4.07. The lowest BCUT2D eigenvalue weighted by Gasteiger charge is -2.00. The number of rotatable bonds is 2. The lowest BCUT2D eigenvalue weighted by atomic mass is 10.4. The van der Waals surface area contributed by atoms with Crippen LogP contribution in [0.4, 0.5) is 5.82 Å². The highest BCUT2D eigenvalue weighted by Gasteiger charge is 2.06. The second-order valence-corrected chi connectivity index (χ2v) is 2.63. The fourth-order valence-electron chi connectivity index (χ4n) is 1.00. The summed E-state index contributed by atoms with van der Waals surface area (Å²) in [6.07, 6.45) is 4.52. The number of aromatic nitrogens is 3. The van der Waals surface area contributed by atoms with E-state index >= 15 is 0 Å². The van der Waals surface area contributed by atoms with Crippen molar-refractivity contribution < 1.29 is 4.79 Å². The molecule has 0 saturated carbocycles. The molecule has 70 valence electrons. The number of anilines is 1. The lowest BCUT2D eigenvalue weighted by molar-refractivity contribution is 0.102. The van der Waals surface area contributed by atoms with Gasteiger partial charge in [0, 0.05) is 6.20 Å². The van der Waals surface area contributed by atoms with E-state index in [0.717, 1.165) is 0 Å². The van der Waals surface area contributed by atoms with Crippen LogP contribution < -0.4 is 5.32 Å². The predicted octanol–water partition coefficient (Wildman–Crippen LogP) is 1.06. The van der Waals surface area contributed by atoms with Crippen LogP contribution >= 0.6 is 0 Å². The third-order valence-electron chi connectivity index (χ3n) is 1.65. The molecule has 0 spiro atoms. The molecule has 0 atom stereocenters. The highest BCUT2D eigenvalue weighted by atomic mass is 16.1. The maximum Gasteiger partial charge on any atom is 0.274 e. The molecule has 2 aromatic rings. The Bertz CT molecular complexity index is 410. The number of imidazole rings is 1. The van der Waals surface area contributed by atoms with Crippen molar-refractivity contribution in [2.75, 3.05) is 5.32 Å². The monoisotopic (exact) mass is 188 g/mol. The van der Waals surface area contributed by atoms with Crippen LogP contribution in [0.15, 0.2) is 36.9 Å². The van der Waals surface area contributed by atoms with E-state index in [1.165, 1.54) is 12.5 Å². The van der Waals surface area contributed by atoms with Crippen LogP contribution in [0.25, 0.3) is 0 Å². The second-order valence-electron chi connectivity index (χ2n) is 2.63. The van der Waals surface area contributed by atoms with Gasteiger partial charge < -0.3 is 10.3 Å². The fraction of sp³-hybridized carbons (Fsp3) is 0. The second kappa shape index (κ2) is 3.69. The van der Waals surface area contributed by atoms with E-state index in [-0.39, 0.29) is 5.91 Å². The molecule has 2 rings (SSSR count). The first-order valence-electron chi connectivity index (χ1n) is 4.07. The van der Waals surface area contributed by atoms with Gasteiger partial charge in [-0.2, -0.15) is 0 Å². The van der Waals surface area contributed by atoms with Crippen LogP contribution in [0.3, 0.4) is 0 Å². The van der Waals surface area contributed by atoms with Crippen molar-refractivity contribution in [3.05, 3.63) is 42.6 Å². The maximum atomic E-state index is 11.5. The number of carbonyl (C=O) groups excluding carboxylic acids is 1. The van der Waals surface area contributed by atoms with Gasteiger partial charge in [0.15, 0.2) is 0 Å². The minimum Gasteiger partial charge on any atom is -0.341 e. The molecule has 2 heterocycles. The molecule has 5 heteroatoms. The van der Waals surface area contributed by atoms with Gasteiger partial charge in [0.05, 0.1) is 12.5 Å². The number of aromatic amines is 1. The molecule has 2 aromatic heterocycles. The molecule has 2 N–H and O–H groups in total. The normalized spacial score (nSPS) is 9.71. The molecule has 0 aliphatic carbocycles. The summed E-state index contributed by atoms with van der Waals surface area (Å²) < 4.78 is 0. The Kier molecular flexibility index (Phi) is 2.22. The maximum absolute atomic E-state index is 11.5. The van der Waals surface area contributed by atoms with Gasteiger partial charge in [-0.25, -0.2) is 9.97 Å². The molecular formula is C9H8N4O. The molecule has 5 nitrogen and oxygen atoms in total. The minimum absolute atomic E-state index is 0.249. The average molecular weight is 188 g/mol. The summed E-state index contributed by atoms with van der Waals surface area (Å²) in [5, 5.41) is 2.62. The summed E-state index contributed by atoms with van der Waals surface area (Å²) in [4.78, 5) is 21.9. The Hall–Kier alpha value is -2.17. The topological polar surface area (TPSA) is 70.7 Å². The number of H-pyrrole nitrogens is 1. The first-order chi connectivity index (χ1) is 6.86. The van der Waals surface area contributed by atoms with Gasteiger partial charge in [0.25, 0.3) is 5.91 Å². The van der Waals surface area contributed by atoms with E-state index in [0.29, 0.717) is 11.5 Å². The summed E-state index contributed by atoms with van der Waals surface area (Å²) in [7, 11) is 0. The van der Waals surface area contributed by atoms with Crippen LogP contribution in [0.1, 0.15) is 10.5 Å². The molecule has 0 aliphatic heterocycles. The van der Waals surface area contributed by atoms with E-state index in [1.54, 1.807) is 24.4 Å². The molecule has 0 bridgehead atoms. The summed E-state index contributed by atoms with van der Waals surface area (Å²) in [5.74, 6) is 0.272. The first kappa shape index (κ1) is 8.43. The van der Waals surface area contributed by atoms with E-state index in [4.69, 9.17) is 0 Å². The average Bonchev–Trinajstić information content (AvgIpc) is 2.72. The van der Waals surface area contributed by atoms with Crippen molar-refractivity contribution in [1.82, 2.24) is 15.0 Å². The largest absolute Gasteiger partial charge is 0.341 e. The van der Waals surface area contributed by atoms with Crippen LogP contribution in [0.5, 0.6) is 0 Å². The lowest BCUT2D eigenvalue weighted by Crippen LogP contribution is -2.12. The Morgan fingerprint density at radius 1 is 1.43 bits per heavy atom. The van der Waals surface area contributed by atoms with Gasteiger partial charge >= 0.3 is 0 Å². The van der Waals surface area contributed by atoms with Gasteiger partial charge in [-0.1, -0.05) is 6.07 Å². The highest BCUT2D eigenvalue weighted by Crippen LogP contribution is 2.02. The van der Waals surface area contributed by atoms with Gasteiger partial charge in [0.2, 0.25) is 0 Å². The highest BCUT2D eigenvalue weighted by molar-refractivity contribution is 6.02. The van der Waals surface area contributed by atoms with Gasteiger partial charge in [-0.3, -0.25) is 4.79 Å². The molecule has 0 radical (unpaired) electrons. The number of pyridine rings is 1. The molecule has 0 aliphatic rings. The SMILES string of the molecule is O=C(Nc1ccccn1)c1cnc[nH]1. The number of nitrogens with zero attached hydrogens (tertiary/aromatic N) is 2. The molecule has 0 saturated heterocycles. The van der Waals surface area contributed by atoms with Crippen LogP contribution in [0, 0.1) is 0 Å². The van der Waals surface area contributed by atoms with E-state index in [9.17, 15) is 4.79 Å². The molecule has 14 heavy (non-hydrogen) atoms. The van der Waals surface area contributed by atoms with Crippen LogP contribution in [0.2, 0.25) is 0 Å². The number of nitrogens with one attached hydrogen (secondary N) is 2. The predicted molar refractivity (Wildman–Crippen MR) is 50.8 cm³/mol. The van der Waals surface area contributed by atoms with Crippen molar-refractivity contribution in [3.8, 4) is 0 Å². The quantitative estimate of drug-likeness (QED) is 0.740. The summed E-state index contributed by atoms with van der Waals surface area (Å²) >= 11 is 0. The van der Waals surface area contributed by atoms with E-state index < -0.39 is 0 Å². The Labute approximate surface area is 80.2 Å². The van der Waals surface area contributed by atoms with Crippen molar-refractivity contribution in [1.29, 1.82) is 0 Å². The Morgan fingerprint density at radius 2 is 2.36 bits per heavy atom. The number of carbonyl (C=O) groups is 1. The summed E-state index contributed by atoms with van der Waals surface area (Å²) in [6.45, 7) is 0. The number of amides is 1. The molecule has 0 fully saturated rings. The summed E-state index contributed by atoms with van der Waals surface area (Å²) in [6, 6.07) is 5.30. The van der Waals surface area contributed by atoms with Gasteiger partial charge in [-0.05, 0) is 12.1 Å². The molecule has 1 amide bonds.